The summed E-state index contributed by atoms with van der Waals surface area (Å²) in [6.07, 6.45) is 6.51. The largest absolute Gasteiger partial charge is 0.465 e. The van der Waals surface area contributed by atoms with Gasteiger partial charge in [-0.1, -0.05) is 6.07 Å². The van der Waals surface area contributed by atoms with Crippen molar-refractivity contribution in [3.05, 3.63) is 60.6 Å². The number of morpholine rings is 1. The predicted octanol–water partition coefficient (Wildman–Crippen LogP) is 3.65. The van der Waals surface area contributed by atoms with Crippen LogP contribution in [0.1, 0.15) is 24.4 Å². The lowest BCUT2D eigenvalue weighted by atomic mass is 10.0. The molecule has 2 aliphatic heterocycles. The summed E-state index contributed by atoms with van der Waals surface area (Å²) in [5.41, 5.74) is 3.37. The molecule has 196 valence electrons. The molecule has 0 atom stereocenters. The average Bonchev–Trinajstić information content (AvgIpc) is 3.38. The molecule has 1 amide bonds. The van der Waals surface area contributed by atoms with Gasteiger partial charge in [0.1, 0.15) is 5.82 Å². The number of carbonyl (C=O) groups is 1. The molecular formula is C27H30N8O3. The zero-order chi connectivity index (χ0) is 25.9. The number of hydrogen-bond donors (Lipinski definition) is 2. The quantitative estimate of drug-likeness (QED) is 0.397. The molecule has 5 heterocycles. The van der Waals surface area contributed by atoms with Crippen LogP contribution in [0.5, 0.6) is 0 Å². The molecule has 2 aliphatic rings. The van der Waals surface area contributed by atoms with E-state index in [1.165, 1.54) is 5.56 Å². The van der Waals surface area contributed by atoms with Crippen LogP contribution in [0.2, 0.25) is 0 Å². The van der Waals surface area contributed by atoms with E-state index in [1.54, 1.807) is 18.3 Å². The minimum Gasteiger partial charge on any atom is -0.465 e. The zero-order valence-electron chi connectivity index (χ0n) is 21.0. The third-order valence-corrected chi connectivity index (χ3v) is 7.17. The van der Waals surface area contributed by atoms with Gasteiger partial charge in [0.15, 0.2) is 11.5 Å². The maximum Gasteiger partial charge on any atom is 0.409 e. The average molecular weight is 515 g/mol. The van der Waals surface area contributed by atoms with Gasteiger partial charge >= 0.3 is 6.09 Å². The first-order chi connectivity index (χ1) is 18.6. The Labute approximate surface area is 220 Å². The number of fused-ring (bicyclic) bond motifs is 1. The van der Waals surface area contributed by atoms with Gasteiger partial charge in [-0.05, 0) is 48.7 Å². The van der Waals surface area contributed by atoms with Crippen LogP contribution in [0.4, 0.5) is 16.3 Å². The van der Waals surface area contributed by atoms with Gasteiger partial charge in [-0.3, -0.25) is 15.2 Å². The van der Waals surface area contributed by atoms with Crippen LogP contribution < -0.4 is 10.2 Å². The van der Waals surface area contributed by atoms with Crippen LogP contribution in [0.15, 0.2) is 55.0 Å². The number of benzene rings is 1. The number of nitrogens with zero attached hydrogens (tertiary/aromatic N) is 7. The van der Waals surface area contributed by atoms with Crippen LogP contribution in [0, 0.1) is 0 Å². The molecular weight excluding hydrogens is 484 g/mol. The van der Waals surface area contributed by atoms with Crippen molar-refractivity contribution < 1.29 is 14.6 Å². The number of aromatic nitrogens is 5. The summed E-state index contributed by atoms with van der Waals surface area (Å²) in [6, 6.07) is 11.5. The number of anilines is 2. The summed E-state index contributed by atoms with van der Waals surface area (Å²) in [6.45, 7) is 5.68. The van der Waals surface area contributed by atoms with E-state index in [4.69, 9.17) is 24.9 Å². The number of nitrogens with one attached hydrogen (secondary N) is 1. The second-order valence-corrected chi connectivity index (χ2v) is 9.67. The first-order valence-corrected chi connectivity index (χ1v) is 12.9. The van der Waals surface area contributed by atoms with Gasteiger partial charge in [0.25, 0.3) is 0 Å². The maximum atomic E-state index is 11.0. The van der Waals surface area contributed by atoms with Gasteiger partial charge in [-0.25, -0.2) is 19.4 Å². The standard InChI is InChI=1S/C27H30N8O3/c36-27(37)30-21-5-3-20(4-6-21)24-31-25(34-12-14-38-15-13-34)23-17-29-35(26(23)32-24)22-7-10-33(11-8-22)18-19-2-1-9-28-16-19/h1-6,9,16-17,22,30H,7-8,10-15,18H2,(H,36,37). The van der Waals surface area contributed by atoms with Gasteiger partial charge < -0.3 is 14.7 Å². The van der Waals surface area contributed by atoms with Crippen molar-refractivity contribution in [2.75, 3.05) is 49.6 Å². The van der Waals surface area contributed by atoms with Gasteiger partial charge in [0.05, 0.1) is 30.8 Å². The van der Waals surface area contributed by atoms with E-state index in [0.717, 1.165) is 68.0 Å². The molecule has 38 heavy (non-hydrogen) atoms. The lowest BCUT2D eigenvalue weighted by Gasteiger charge is -2.32. The molecule has 0 spiro atoms. The lowest BCUT2D eigenvalue weighted by Crippen LogP contribution is -2.37. The van der Waals surface area contributed by atoms with Crippen molar-refractivity contribution in [2.24, 2.45) is 0 Å². The van der Waals surface area contributed by atoms with Crippen LogP contribution in [0.3, 0.4) is 0 Å². The summed E-state index contributed by atoms with van der Waals surface area (Å²) in [5, 5.41) is 17.1. The molecule has 0 radical (unpaired) electrons. The number of rotatable bonds is 6. The number of pyridine rings is 1. The van der Waals surface area contributed by atoms with E-state index in [2.05, 4.69) is 30.8 Å². The molecule has 0 bridgehead atoms. The van der Waals surface area contributed by atoms with Crippen LogP contribution >= 0.6 is 0 Å². The Bertz CT molecular complexity index is 1400. The summed E-state index contributed by atoms with van der Waals surface area (Å²) in [4.78, 5) is 29.9. The smallest absolute Gasteiger partial charge is 0.409 e. The highest BCUT2D eigenvalue weighted by Crippen LogP contribution is 2.32. The van der Waals surface area contributed by atoms with Crippen LogP contribution in [0.25, 0.3) is 22.4 Å². The maximum absolute atomic E-state index is 11.0. The third-order valence-electron chi connectivity index (χ3n) is 7.17. The number of piperidine rings is 1. The SMILES string of the molecule is O=C(O)Nc1ccc(-c2nc(N3CCOCC3)c3cnn(C4CCN(Cc5cccnc5)CC4)c3n2)cc1. The summed E-state index contributed by atoms with van der Waals surface area (Å²) in [7, 11) is 0. The van der Waals surface area contributed by atoms with Crippen molar-refractivity contribution in [3.63, 3.8) is 0 Å². The zero-order valence-corrected chi connectivity index (χ0v) is 21.0. The number of likely N-dealkylation sites (tertiary alicyclic amines) is 1. The Morgan fingerprint density at radius 3 is 2.53 bits per heavy atom. The minimum atomic E-state index is -1.10. The van der Waals surface area contributed by atoms with Crippen molar-refractivity contribution >= 4 is 28.6 Å². The second kappa shape index (κ2) is 10.7. The molecule has 11 nitrogen and oxygen atoms in total. The molecule has 2 fully saturated rings. The second-order valence-electron chi connectivity index (χ2n) is 9.67. The van der Waals surface area contributed by atoms with E-state index in [9.17, 15) is 4.79 Å². The Kier molecular flexibility index (Phi) is 6.84. The van der Waals surface area contributed by atoms with Crippen molar-refractivity contribution in [1.82, 2.24) is 29.6 Å². The van der Waals surface area contributed by atoms with Crippen molar-refractivity contribution in [1.29, 1.82) is 0 Å². The van der Waals surface area contributed by atoms with Gasteiger partial charge in [0, 0.05) is 56.4 Å². The number of carboxylic acid groups (broad SMARTS) is 1. The van der Waals surface area contributed by atoms with Crippen molar-refractivity contribution in [3.8, 4) is 11.4 Å². The first kappa shape index (κ1) is 24.3. The van der Waals surface area contributed by atoms with Gasteiger partial charge in [0.2, 0.25) is 0 Å². The highest BCUT2D eigenvalue weighted by molar-refractivity contribution is 5.89. The Morgan fingerprint density at radius 2 is 1.82 bits per heavy atom. The minimum absolute atomic E-state index is 0.250. The Hall–Kier alpha value is -4.09. The summed E-state index contributed by atoms with van der Waals surface area (Å²) < 4.78 is 7.65. The molecule has 11 heteroatoms. The molecule has 1 aromatic carbocycles. The van der Waals surface area contributed by atoms with E-state index >= 15 is 0 Å². The van der Waals surface area contributed by atoms with Gasteiger partial charge in [-0.15, -0.1) is 0 Å². The first-order valence-electron chi connectivity index (χ1n) is 12.9. The third kappa shape index (κ3) is 5.15. The monoisotopic (exact) mass is 514 g/mol. The number of hydrogen-bond acceptors (Lipinski definition) is 8. The van der Waals surface area contributed by atoms with Crippen molar-refractivity contribution in [2.45, 2.75) is 25.4 Å². The Morgan fingerprint density at radius 1 is 1.03 bits per heavy atom. The van der Waals surface area contributed by atoms with Crippen LogP contribution in [-0.4, -0.2) is 80.2 Å². The molecule has 0 aliphatic carbocycles. The topological polar surface area (TPSA) is 122 Å². The molecule has 3 aromatic heterocycles. The van der Waals surface area contributed by atoms with Gasteiger partial charge in [-0.2, -0.15) is 5.10 Å². The lowest BCUT2D eigenvalue weighted by molar-refractivity contribution is 0.122. The summed E-state index contributed by atoms with van der Waals surface area (Å²) in [5.74, 6) is 1.46. The fraction of sp³-hybridized carbons (Fsp3) is 0.370. The normalized spacial score (nSPS) is 17.1. The fourth-order valence-corrected chi connectivity index (χ4v) is 5.22. The van der Waals surface area contributed by atoms with E-state index in [1.807, 2.05) is 30.6 Å². The molecule has 0 unspecified atom stereocenters. The molecule has 2 saturated heterocycles. The Balaban J connectivity index is 1.30. The molecule has 6 rings (SSSR count). The highest BCUT2D eigenvalue weighted by Gasteiger charge is 2.26. The van der Waals surface area contributed by atoms with E-state index < -0.39 is 6.09 Å². The van der Waals surface area contributed by atoms with E-state index in [0.29, 0.717) is 24.7 Å². The molecule has 4 aromatic rings. The fourth-order valence-electron chi connectivity index (χ4n) is 5.22. The molecule has 2 N–H and O–H groups in total. The summed E-state index contributed by atoms with van der Waals surface area (Å²) >= 11 is 0. The van der Waals surface area contributed by atoms with Crippen LogP contribution in [-0.2, 0) is 11.3 Å². The predicted molar refractivity (Wildman–Crippen MR) is 143 cm³/mol. The highest BCUT2D eigenvalue weighted by atomic mass is 16.5. The number of amides is 1. The molecule has 0 saturated carbocycles. The van der Waals surface area contributed by atoms with E-state index in [-0.39, 0.29) is 6.04 Å². The number of ether oxygens (including phenoxy) is 1.